The standard InChI is InChI=1S/C5H12NP.C4H5N.ClH/c7-6-4-2-1-3-5-6;1-2-4-5-3-1;/h1-5,7H2;1-5H;1H. The molecule has 1 aliphatic rings. The van der Waals surface area contributed by atoms with Crippen LogP contribution in [-0.4, -0.2) is 22.7 Å². The van der Waals surface area contributed by atoms with E-state index in [-0.39, 0.29) is 12.4 Å². The molecule has 1 saturated heterocycles. The van der Waals surface area contributed by atoms with Crippen molar-refractivity contribution >= 4 is 21.8 Å². The van der Waals surface area contributed by atoms with Gasteiger partial charge in [-0.3, -0.25) is 4.67 Å². The second kappa shape index (κ2) is 8.55. The molecule has 2 heterocycles. The predicted octanol–water partition coefficient (Wildman–Crippen LogP) is 2.70. The van der Waals surface area contributed by atoms with E-state index < -0.39 is 0 Å². The number of H-pyrrole nitrogens is 1. The van der Waals surface area contributed by atoms with Crippen molar-refractivity contribution in [3.8, 4) is 0 Å². The van der Waals surface area contributed by atoms with E-state index in [1.54, 1.807) is 0 Å². The fourth-order valence-electron chi connectivity index (χ4n) is 1.20. The molecule has 13 heavy (non-hydrogen) atoms. The molecule has 76 valence electrons. The summed E-state index contributed by atoms with van der Waals surface area (Å²) < 4.78 is 2.31. The minimum atomic E-state index is 0. The van der Waals surface area contributed by atoms with Crippen molar-refractivity contribution in [1.82, 2.24) is 9.65 Å². The molecule has 0 aromatic carbocycles. The summed E-state index contributed by atoms with van der Waals surface area (Å²) in [5.41, 5.74) is 0. The molecule has 1 aromatic rings. The number of aromatic nitrogens is 1. The zero-order valence-corrected chi connectivity index (χ0v) is 9.75. The maximum atomic E-state index is 2.86. The molecule has 1 fully saturated rings. The quantitative estimate of drug-likeness (QED) is 0.667. The molecule has 1 unspecified atom stereocenters. The second-order valence-corrected chi connectivity index (χ2v) is 3.71. The van der Waals surface area contributed by atoms with Gasteiger partial charge in [-0.15, -0.1) is 12.4 Å². The fourth-order valence-corrected chi connectivity index (χ4v) is 1.56. The van der Waals surface area contributed by atoms with Gasteiger partial charge in [0.05, 0.1) is 0 Å². The van der Waals surface area contributed by atoms with Crippen LogP contribution < -0.4 is 0 Å². The van der Waals surface area contributed by atoms with Gasteiger partial charge < -0.3 is 4.98 Å². The number of piperidine rings is 1. The Morgan fingerprint density at radius 1 is 1.00 bits per heavy atom. The summed E-state index contributed by atoms with van der Waals surface area (Å²) in [6.07, 6.45) is 7.97. The van der Waals surface area contributed by atoms with Crippen LogP contribution in [0.1, 0.15) is 19.3 Å². The zero-order chi connectivity index (χ0) is 8.65. The Hall–Kier alpha value is -0.0400. The first-order valence-corrected chi connectivity index (χ1v) is 4.98. The molecule has 2 rings (SSSR count). The van der Waals surface area contributed by atoms with Gasteiger partial charge in [-0.1, -0.05) is 15.8 Å². The number of aromatic amines is 1. The summed E-state index contributed by atoms with van der Waals surface area (Å²) in [7, 11) is 2.74. The van der Waals surface area contributed by atoms with Gasteiger partial charge in [0.25, 0.3) is 0 Å². The smallest absolute Gasteiger partial charge is 0.00161 e. The topological polar surface area (TPSA) is 19.0 Å². The third-order valence-electron chi connectivity index (χ3n) is 1.89. The van der Waals surface area contributed by atoms with Gasteiger partial charge in [0.2, 0.25) is 0 Å². The van der Waals surface area contributed by atoms with Gasteiger partial charge in [0.1, 0.15) is 0 Å². The van der Waals surface area contributed by atoms with Crippen LogP contribution >= 0.6 is 21.8 Å². The lowest BCUT2D eigenvalue weighted by Gasteiger charge is -2.20. The van der Waals surface area contributed by atoms with E-state index >= 15 is 0 Å². The normalized spacial score (nSPS) is 16.7. The molecule has 1 N–H and O–H groups in total. The third kappa shape index (κ3) is 7.06. The van der Waals surface area contributed by atoms with E-state index in [1.807, 2.05) is 24.5 Å². The molecule has 0 bridgehead atoms. The maximum Gasteiger partial charge on any atom is 0.00161 e. The highest BCUT2D eigenvalue weighted by molar-refractivity contribution is 7.13. The number of nitrogens with one attached hydrogen (secondary N) is 1. The van der Waals surface area contributed by atoms with E-state index in [9.17, 15) is 0 Å². The van der Waals surface area contributed by atoms with Gasteiger partial charge in [0.15, 0.2) is 0 Å². The van der Waals surface area contributed by atoms with Crippen LogP contribution in [0.4, 0.5) is 0 Å². The Balaban J connectivity index is 0.000000215. The summed E-state index contributed by atoms with van der Waals surface area (Å²) in [6.45, 7) is 2.56. The first-order chi connectivity index (χ1) is 5.89. The number of hydrogen-bond acceptors (Lipinski definition) is 1. The summed E-state index contributed by atoms with van der Waals surface area (Å²) >= 11 is 0. The van der Waals surface area contributed by atoms with Gasteiger partial charge in [-0.25, -0.2) is 0 Å². The van der Waals surface area contributed by atoms with E-state index in [0.717, 1.165) is 0 Å². The Kier molecular flexibility index (Phi) is 8.53. The summed E-state index contributed by atoms with van der Waals surface area (Å²) in [4.78, 5) is 2.86. The first-order valence-electron chi connectivity index (χ1n) is 4.47. The minimum absolute atomic E-state index is 0. The van der Waals surface area contributed by atoms with Crippen molar-refractivity contribution in [3.05, 3.63) is 24.5 Å². The molecule has 4 heteroatoms. The van der Waals surface area contributed by atoms with Crippen LogP contribution in [0.5, 0.6) is 0 Å². The molecule has 0 amide bonds. The van der Waals surface area contributed by atoms with Crippen LogP contribution in [0.15, 0.2) is 24.5 Å². The van der Waals surface area contributed by atoms with Crippen LogP contribution in [0.25, 0.3) is 0 Å². The predicted molar refractivity (Wildman–Crippen MR) is 63.2 cm³/mol. The molecule has 1 atom stereocenters. The van der Waals surface area contributed by atoms with E-state index in [1.165, 1.54) is 32.4 Å². The number of rotatable bonds is 0. The number of halogens is 1. The Labute approximate surface area is 88.8 Å². The molecule has 0 saturated carbocycles. The number of hydrogen-bond donors (Lipinski definition) is 1. The van der Waals surface area contributed by atoms with E-state index in [2.05, 4.69) is 19.0 Å². The van der Waals surface area contributed by atoms with Crippen molar-refractivity contribution in [2.45, 2.75) is 19.3 Å². The van der Waals surface area contributed by atoms with Crippen LogP contribution in [0.3, 0.4) is 0 Å². The maximum absolute atomic E-state index is 2.86. The van der Waals surface area contributed by atoms with Crippen molar-refractivity contribution < 1.29 is 0 Å². The summed E-state index contributed by atoms with van der Waals surface area (Å²) in [5, 5.41) is 0. The monoisotopic (exact) mass is 220 g/mol. The zero-order valence-electron chi connectivity index (χ0n) is 7.78. The SMILES string of the molecule is Cl.PN1CCCCC1.c1cc[nH]c1. The van der Waals surface area contributed by atoms with Crippen LogP contribution in [0.2, 0.25) is 0 Å². The minimum Gasteiger partial charge on any atom is -0.368 e. The number of nitrogens with zero attached hydrogens (tertiary/aromatic N) is 1. The molecular formula is C9H18ClN2P. The van der Waals surface area contributed by atoms with Gasteiger partial charge >= 0.3 is 0 Å². The van der Waals surface area contributed by atoms with Gasteiger partial charge in [0, 0.05) is 25.5 Å². The lowest BCUT2D eigenvalue weighted by atomic mass is 10.2. The van der Waals surface area contributed by atoms with Crippen molar-refractivity contribution in [2.75, 3.05) is 13.1 Å². The highest BCUT2D eigenvalue weighted by Crippen LogP contribution is 2.11. The van der Waals surface area contributed by atoms with Crippen LogP contribution in [-0.2, 0) is 0 Å². The molecule has 1 aliphatic heterocycles. The molecular weight excluding hydrogens is 203 g/mol. The highest BCUT2D eigenvalue weighted by atomic mass is 35.5. The molecule has 0 aliphatic carbocycles. The third-order valence-corrected chi connectivity index (χ3v) is 2.40. The first kappa shape index (κ1) is 13.0. The Bertz CT molecular complexity index is 157. The molecule has 0 spiro atoms. The summed E-state index contributed by atoms with van der Waals surface area (Å²) in [5.74, 6) is 0. The summed E-state index contributed by atoms with van der Waals surface area (Å²) in [6, 6.07) is 3.89. The molecule has 0 radical (unpaired) electrons. The lowest BCUT2D eigenvalue weighted by Crippen LogP contribution is -2.18. The lowest BCUT2D eigenvalue weighted by molar-refractivity contribution is 0.379. The average molecular weight is 221 g/mol. The van der Waals surface area contributed by atoms with Gasteiger partial charge in [-0.05, 0) is 25.0 Å². The van der Waals surface area contributed by atoms with Crippen molar-refractivity contribution in [3.63, 3.8) is 0 Å². The largest absolute Gasteiger partial charge is 0.368 e. The Morgan fingerprint density at radius 2 is 1.54 bits per heavy atom. The molecule has 2 nitrogen and oxygen atoms in total. The van der Waals surface area contributed by atoms with Crippen LogP contribution in [0, 0.1) is 0 Å². The molecule has 1 aromatic heterocycles. The van der Waals surface area contributed by atoms with Crippen molar-refractivity contribution in [1.29, 1.82) is 0 Å². The van der Waals surface area contributed by atoms with E-state index in [0.29, 0.717) is 0 Å². The highest BCUT2D eigenvalue weighted by Gasteiger charge is 2.02. The second-order valence-electron chi connectivity index (χ2n) is 2.98. The van der Waals surface area contributed by atoms with E-state index in [4.69, 9.17) is 0 Å². The Morgan fingerprint density at radius 3 is 1.77 bits per heavy atom. The van der Waals surface area contributed by atoms with Crippen molar-refractivity contribution in [2.24, 2.45) is 0 Å². The average Bonchev–Trinajstić information content (AvgIpc) is 2.62. The fraction of sp³-hybridized carbons (Fsp3) is 0.556. The van der Waals surface area contributed by atoms with Gasteiger partial charge in [-0.2, -0.15) is 0 Å².